The smallest absolute Gasteiger partial charge is 0.394 e. The topological polar surface area (TPSA) is 108 Å². The summed E-state index contributed by atoms with van der Waals surface area (Å²) >= 11 is 0. The molecule has 2 heterocycles. The van der Waals surface area contributed by atoms with Gasteiger partial charge in [0.1, 0.15) is 24.4 Å². The quantitative estimate of drug-likeness (QED) is 0.500. The number of aliphatic hydroxyl groups is 4. The first-order valence-corrected chi connectivity index (χ1v) is 9.61. The van der Waals surface area contributed by atoms with Crippen LogP contribution >= 0.6 is 0 Å². The summed E-state index contributed by atoms with van der Waals surface area (Å²) < 4.78 is 44.8. The van der Waals surface area contributed by atoms with Crippen LogP contribution < -0.4 is 0 Å². The average Bonchev–Trinajstić information content (AvgIpc) is 3.24. The number of ether oxygens (including phenoxy) is 1. The molecule has 0 aliphatic carbocycles. The zero-order valence-electron chi connectivity index (χ0n) is 16.9. The van der Waals surface area contributed by atoms with E-state index < -0.39 is 48.8 Å². The number of rotatable bonds is 2. The monoisotopic (exact) mass is 450 g/mol. The number of benzene rings is 1. The van der Waals surface area contributed by atoms with Gasteiger partial charge in [-0.25, -0.2) is 0 Å². The van der Waals surface area contributed by atoms with Crippen molar-refractivity contribution >= 4 is 0 Å². The maximum absolute atomic E-state index is 12.9. The molecule has 0 amide bonds. The van der Waals surface area contributed by atoms with Crippen molar-refractivity contribution in [2.24, 2.45) is 0 Å². The zero-order chi connectivity index (χ0) is 23.5. The van der Waals surface area contributed by atoms with Crippen LogP contribution in [-0.2, 0) is 4.74 Å². The Kier molecular flexibility index (Phi) is 6.94. The molecule has 4 N–H and O–H groups in total. The molecule has 7 nitrogen and oxygen atoms in total. The number of hydrogen-bond acceptors (Lipinski definition) is 6. The molecule has 1 aliphatic heterocycles. The zero-order valence-corrected chi connectivity index (χ0v) is 16.9. The van der Waals surface area contributed by atoms with Crippen LogP contribution in [0.1, 0.15) is 24.1 Å². The Balaban J connectivity index is 1.94. The lowest BCUT2D eigenvalue weighted by molar-refractivity contribution is -0.239. The van der Waals surface area contributed by atoms with Crippen molar-refractivity contribution in [2.45, 2.75) is 49.2 Å². The van der Waals surface area contributed by atoms with Crippen LogP contribution in [0.2, 0.25) is 0 Å². The molecule has 1 aliphatic rings. The molecular formula is C22H21F3N2O5. The van der Waals surface area contributed by atoms with E-state index in [1.54, 1.807) is 30.3 Å². The van der Waals surface area contributed by atoms with Crippen LogP contribution in [0.25, 0.3) is 0 Å². The van der Waals surface area contributed by atoms with E-state index in [0.29, 0.717) is 10.2 Å². The minimum absolute atomic E-state index is 0.101. The molecule has 6 atom stereocenters. The van der Waals surface area contributed by atoms with Crippen LogP contribution in [0.15, 0.2) is 42.7 Å². The Hall–Kier alpha value is -2.86. The summed E-state index contributed by atoms with van der Waals surface area (Å²) in [5.41, 5.74) is -1.73. The fraction of sp³-hybridized carbons (Fsp3) is 0.409. The summed E-state index contributed by atoms with van der Waals surface area (Å²) in [6.07, 6.45) is -8.53. The van der Waals surface area contributed by atoms with Crippen molar-refractivity contribution < 1.29 is 38.3 Å². The van der Waals surface area contributed by atoms with Crippen LogP contribution in [0, 0.1) is 23.7 Å². The predicted octanol–water partition coefficient (Wildman–Crippen LogP) is 0.622. The van der Waals surface area contributed by atoms with E-state index >= 15 is 0 Å². The summed E-state index contributed by atoms with van der Waals surface area (Å²) in [5.74, 6) is 10.2. The third-order valence-electron chi connectivity index (χ3n) is 5.05. The molecule has 1 aromatic heterocycles. The maximum atomic E-state index is 12.9. The number of nitrogens with zero attached hydrogens (tertiary/aromatic N) is 2. The van der Waals surface area contributed by atoms with Crippen LogP contribution in [-0.4, -0.2) is 73.0 Å². The SMILES string of the molecule is CC(n1cc(C#C[C@H]2O[C@H](CO)[C@@H](O)[C@H](O)[C@@]2(O)C#Cc2ccccc2)cn1)C(F)(F)F. The molecular weight excluding hydrogens is 429 g/mol. The van der Waals surface area contributed by atoms with Crippen LogP contribution in [0.4, 0.5) is 13.2 Å². The van der Waals surface area contributed by atoms with Gasteiger partial charge in [-0.3, -0.25) is 4.68 Å². The second-order valence-electron chi connectivity index (χ2n) is 7.31. The van der Waals surface area contributed by atoms with Crippen molar-refractivity contribution in [1.29, 1.82) is 0 Å². The fourth-order valence-electron chi connectivity index (χ4n) is 3.02. The van der Waals surface area contributed by atoms with E-state index in [2.05, 4.69) is 28.8 Å². The summed E-state index contributed by atoms with van der Waals surface area (Å²) in [6, 6.07) is 6.66. The summed E-state index contributed by atoms with van der Waals surface area (Å²) in [7, 11) is 0. The van der Waals surface area contributed by atoms with Gasteiger partial charge < -0.3 is 25.2 Å². The Bertz CT molecular complexity index is 1050. The van der Waals surface area contributed by atoms with Gasteiger partial charge in [0.15, 0.2) is 11.7 Å². The molecule has 0 radical (unpaired) electrons. The lowest BCUT2D eigenvalue weighted by atomic mass is 9.82. The van der Waals surface area contributed by atoms with Gasteiger partial charge in [0, 0.05) is 11.8 Å². The van der Waals surface area contributed by atoms with Crippen molar-refractivity contribution in [3.8, 4) is 23.7 Å². The molecule has 0 spiro atoms. The lowest BCUT2D eigenvalue weighted by Gasteiger charge is -2.43. The van der Waals surface area contributed by atoms with E-state index in [9.17, 15) is 33.6 Å². The van der Waals surface area contributed by atoms with Gasteiger partial charge in [0.05, 0.1) is 18.4 Å². The van der Waals surface area contributed by atoms with E-state index in [0.717, 1.165) is 19.3 Å². The standard InChI is InChI=1S/C22H21F3N2O5/c1-14(22(23,24)25)27-12-16(11-26-27)7-8-18-21(31,10-9-15-5-3-2-4-6-15)20(30)19(29)17(13-28)32-18/h2-6,11-12,14,17-20,28-31H,13H2,1H3/t14?,17-,18-,19-,20+,21-/m1/s1. The molecule has 0 bridgehead atoms. The van der Waals surface area contributed by atoms with Crippen molar-refractivity contribution in [1.82, 2.24) is 9.78 Å². The summed E-state index contributed by atoms with van der Waals surface area (Å²) in [6.45, 7) is 0.273. The highest BCUT2D eigenvalue weighted by Crippen LogP contribution is 2.31. The van der Waals surface area contributed by atoms with E-state index in [-0.39, 0.29) is 5.56 Å². The molecule has 1 unspecified atom stereocenters. The second kappa shape index (κ2) is 9.33. The molecule has 2 aromatic rings. The third kappa shape index (κ3) is 4.96. The number of aliphatic hydroxyl groups excluding tert-OH is 3. The minimum atomic E-state index is -4.49. The largest absolute Gasteiger partial charge is 0.410 e. The Morgan fingerprint density at radius 1 is 1.19 bits per heavy atom. The molecule has 10 heteroatoms. The predicted molar refractivity (Wildman–Crippen MR) is 106 cm³/mol. The van der Waals surface area contributed by atoms with Crippen molar-refractivity contribution in [3.63, 3.8) is 0 Å². The first-order chi connectivity index (χ1) is 15.1. The number of aromatic nitrogens is 2. The van der Waals surface area contributed by atoms with Crippen LogP contribution in [0.5, 0.6) is 0 Å². The molecule has 170 valence electrons. The van der Waals surface area contributed by atoms with Gasteiger partial charge in [0.2, 0.25) is 0 Å². The molecule has 3 rings (SSSR count). The van der Waals surface area contributed by atoms with E-state index in [1.807, 2.05) is 0 Å². The highest BCUT2D eigenvalue weighted by Gasteiger charge is 2.53. The highest BCUT2D eigenvalue weighted by molar-refractivity contribution is 5.41. The lowest BCUT2D eigenvalue weighted by Crippen LogP contribution is -2.65. The minimum Gasteiger partial charge on any atom is -0.394 e. The number of alkyl halides is 3. The first-order valence-electron chi connectivity index (χ1n) is 9.61. The normalized spacial score (nSPS) is 28.8. The Morgan fingerprint density at radius 2 is 1.88 bits per heavy atom. The molecule has 1 fully saturated rings. The molecule has 1 saturated heterocycles. The Morgan fingerprint density at radius 3 is 2.50 bits per heavy atom. The van der Waals surface area contributed by atoms with Crippen molar-refractivity contribution in [3.05, 3.63) is 53.9 Å². The van der Waals surface area contributed by atoms with Crippen molar-refractivity contribution in [2.75, 3.05) is 6.61 Å². The van der Waals surface area contributed by atoms with E-state index in [4.69, 9.17) is 4.74 Å². The first kappa shape index (κ1) is 23.8. The van der Waals surface area contributed by atoms with Gasteiger partial charge >= 0.3 is 6.18 Å². The van der Waals surface area contributed by atoms with Gasteiger partial charge in [-0.2, -0.15) is 18.3 Å². The van der Waals surface area contributed by atoms with Gasteiger partial charge in [-0.05, 0) is 19.1 Å². The van der Waals surface area contributed by atoms with Gasteiger partial charge in [-0.1, -0.05) is 41.9 Å². The second-order valence-corrected chi connectivity index (χ2v) is 7.31. The average molecular weight is 450 g/mol. The Labute approximate surface area is 182 Å². The van der Waals surface area contributed by atoms with E-state index in [1.165, 1.54) is 0 Å². The molecule has 0 saturated carbocycles. The molecule has 1 aromatic carbocycles. The summed E-state index contributed by atoms with van der Waals surface area (Å²) in [4.78, 5) is 0. The summed E-state index contributed by atoms with van der Waals surface area (Å²) in [5, 5.41) is 44.8. The molecule has 32 heavy (non-hydrogen) atoms. The van der Waals surface area contributed by atoms with Gasteiger partial charge in [0.25, 0.3) is 0 Å². The fourth-order valence-corrected chi connectivity index (χ4v) is 3.02. The number of halogens is 3. The van der Waals surface area contributed by atoms with Crippen LogP contribution in [0.3, 0.4) is 0 Å². The maximum Gasteiger partial charge on any atom is 0.410 e. The highest BCUT2D eigenvalue weighted by atomic mass is 19.4. The van der Waals surface area contributed by atoms with Gasteiger partial charge in [-0.15, -0.1) is 0 Å². The number of hydrogen-bond donors (Lipinski definition) is 4. The third-order valence-corrected chi connectivity index (χ3v) is 5.05.